The van der Waals surface area contributed by atoms with E-state index in [1.165, 1.54) is 15.6 Å². The fourth-order valence-electron chi connectivity index (χ4n) is 3.92. The Hall–Kier alpha value is 0.338. The van der Waals surface area contributed by atoms with E-state index < -0.39 is 0 Å². The van der Waals surface area contributed by atoms with Crippen molar-refractivity contribution in [2.75, 3.05) is 19.8 Å². The molecule has 2 saturated heterocycles. The summed E-state index contributed by atoms with van der Waals surface area (Å²) in [4.78, 5) is 29.1. The molecule has 4 heterocycles. The Balaban J connectivity index is 0.000000361. The Kier molecular flexibility index (Phi) is 16.6. The van der Waals surface area contributed by atoms with E-state index in [0.29, 0.717) is 52.1 Å². The standard InChI is InChI=1S/C12H16BNO2S.C12H14BNO2S.2Y/c2*13-5-6-14-10(3-4-12(14)15)8-16-9-11-2-1-7-17-11;;/h1-2,10,13H,3-6,8-9H2;1-2,5-6,10,13H,3-4,8-9H2;;/q2*-1;;/b;6-5+;;/i2*13D;;. The second-order valence-corrected chi connectivity index (χ2v) is 9.90. The third-order valence-electron chi connectivity index (χ3n) is 5.61. The molecular formula is C24H30B2N2O4S2Y2-2. The van der Waals surface area contributed by atoms with Crippen molar-refractivity contribution in [2.24, 2.45) is 0 Å². The number of nitrogens with zero attached hydrogens (tertiary/aromatic N) is 2. The molecule has 6 nitrogen and oxygen atoms in total. The van der Waals surface area contributed by atoms with Crippen molar-refractivity contribution < 1.29 is 84.5 Å². The molecule has 2 aliphatic rings. The average molecular weight is 676 g/mol. The molecule has 2 amide bonds. The molecule has 4 rings (SSSR count). The zero-order chi connectivity index (χ0) is 25.6. The Morgan fingerprint density at radius 3 is 2.19 bits per heavy atom. The SMILES string of the molecule is [2H][B]/C=C/N1C(=O)CCC1COCc1cc[c-]s1.[2H][B]CCN1C(=O)CCC1COCc1cc[c-]s1.[Y].[Y]. The number of rotatable bonds is 13. The molecule has 2 aliphatic heterocycles. The maximum Gasteiger partial charge on any atom is 0.226 e. The average Bonchev–Trinajstić information content (AvgIpc) is 3.69. The van der Waals surface area contributed by atoms with Crippen molar-refractivity contribution >= 4 is 50.1 Å². The second-order valence-electron chi connectivity index (χ2n) is 7.97. The van der Waals surface area contributed by atoms with Crippen molar-refractivity contribution in [1.29, 1.82) is 2.67 Å². The van der Waals surface area contributed by atoms with Gasteiger partial charge >= 0.3 is 0 Å². The summed E-state index contributed by atoms with van der Waals surface area (Å²) in [6.07, 6.45) is 5.14. The number of hydrogen-bond donors (Lipinski definition) is 0. The number of carbonyl (C=O) groups excluding carboxylic acids is 2. The van der Waals surface area contributed by atoms with Crippen LogP contribution in [0.5, 0.6) is 0 Å². The summed E-state index contributed by atoms with van der Waals surface area (Å²) in [5, 5.41) is 6.04. The van der Waals surface area contributed by atoms with Crippen LogP contribution in [-0.2, 0) is 97.7 Å². The van der Waals surface area contributed by atoms with E-state index >= 15 is 0 Å². The smallest absolute Gasteiger partial charge is 0.226 e. The molecule has 2 aromatic heterocycles. The van der Waals surface area contributed by atoms with Crippen LogP contribution in [0.25, 0.3) is 0 Å². The van der Waals surface area contributed by atoms with Gasteiger partial charge in [-0.25, -0.2) is 0 Å². The minimum absolute atomic E-state index is 0. The first-order valence-corrected chi connectivity index (χ1v) is 13.0. The summed E-state index contributed by atoms with van der Waals surface area (Å²) >= 11 is 3.11. The maximum absolute atomic E-state index is 11.7. The molecule has 186 valence electrons. The number of amides is 2. The summed E-state index contributed by atoms with van der Waals surface area (Å²) in [5.41, 5.74) is 0. The van der Waals surface area contributed by atoms with E-state index in [2.05, 4.69) is 10.8 Å². The summed E-state index contributed by atoms with van der Waals surface area (Å²) in [6.45, 7) is 2.93. The van der Waals surface area contributed by atoms with Gasteiger partial charge in [0.1, 0.15) is 7.81 Å². The summed E-state index contributed by atoms with van der Waals surface area (Å²) in [7, 11) is 2.52. The van der Waals surface area contributed by atoms with Gasteiger partial charge in [-0.2, -0.15) is 24.3 Å². The zero-order valence-corrected chi connectivity index (χ0v) is 27.7. The molecular weight excluding hydrogens is 644 g/mol. The topological polar surface area (TPSA) is 59.1 Å². The molecule has 36 heavy (non-hydrogen) atoms. The van der Waals surface area contributed by atoms with Crippen molar-refractivity contribution in [3.8, 4) is 0 Å². The van der Waals surface area contributed by atoms with Gasteiger partial charge in [-0.3, -0.25) is 32.3 Å². The molecule has 0 aliphatic carbocycles. The van der Waals surface area contributed by atoms with E-state index in [-0.39, 0.29) is 89.3 Å². The van der Waals surface area contributed by atoms with Crippen molar-refractivity contribution in [1.82, 2.24) is 9.80 Å². The van der Waals surface area contributed by atoms with E-state index in [1.54, 1.807) is 39.7 Å². The van der Waals surface area contributed by atoms with Gasteiger partial charge in [-0.05, 0) is 21.7 Å². The summed E-state index contributed by atoms with van der Waals surface area (Å²) in [6, 6.07) is 8.02. The Morgan fingerprint density at radius 1 is 1.00 bits per heavy atom. The van der Waals surface area contributed by atoms with Crippen LogP contribution in [0.2, 0.25) is 6.32 Å². The van der Waals surface area contributed by atoms with E-state index in [4.69, 9.17) is 12.1 Å². The van der Waals surface area contributed by atoms with Crippen LogP contribution in [0.4, 0.5) is 0 Å². The molecule has 0 bridgehead atoms. The minimum Gasteiger partial charge on any atom is -0.387 e. The zero-order valence-electron chi connectivity index (χ0n) is 22.3. The first-order chi connectivity index (χ1) is 17.6. The monoisotopic (exact) mass is 676 g/mol. The Labute approximate surface area is 278 Å². The van der Waals surface area contributed by atoms with Gasteiger partial charge in [0, 0.05) is 98.0 Å². The molecule has 2 unspecified atom stereocenters. The molecule has 0 aromatic carbocycles. The molecule has 12 heteroatoms. The predicted octanol–water partition coefficient (Wildman–Crippen LogP) is 2.80. The maximum atomic E-state index is 11.7. The first-order valence-electron chi connectivity index (χ1n) is 12.5. The van der Waals surface area contributed by atoms with Crippen molar-refractivity contribution in [3.05, 3.63) is 57.0 Å². The Bertz CT molecular complexity index is 946. The number of ether oxygens (including phenoxy) is 2. The third kappa shape index (κ3) is 11.2. The van der Waals surface area contributed by atoms with E-state index in [9.17, 15) is 9.59 Å². The summed E-state index contributed by atoms with van der Waals surface area (Å²) in [5.74, 6) is 1.85. The van der Waals surface area contributed by atoms with Crippen LogP contribution in [0.1, 0.15) is 35.4 Å². The van der Waals surface area contributed by atoms with Gasteiger partial charge in [0.15, 0.2) is 0 Å². The quantitative estimate of drug-likeness (QED) is 0.242. The Morgan fingerprint density at radius 2 is 1.61 bits per heavy atom. The number of likely N-dealkylation sites (tertiary alicyclic amines) is 2. The summed E-state index contributed by atoms with van der Waals surface area (Å²) < 4.78 is 25.3. The van der Waals surface area contributed by atoms with Crippen LogP contribution in [0, 0.1) is 10.8 Å². The van der Waals surface area contributed by atoms with Crippen LogP contribution >= 0.6 is 22.7 Å². The number of thiophene rings is 2. The molecule has 0 saturated carbocycles. The molecule has 2 aromatic rings. The fraction of sp³-hybridized carbons (Fsp3) is 0.500. The number of carbonyl (C=O) groups is 2. The van der Waals surface area contributed by atoms with Gasteiger partial charge < -0.3 is 19.3 Å². The van der Waals surface area contributed by atoms with Crippen LogP contribution in [-0.4, -0.2) is 71.7 Å². The van der Waals surface area contributed by atoms with Crippen LogP contribution in [0.3, 0.4) is 0 Å². The number of hydrogen-bond acceptors (Lipinski definition) is 6. The normalized spacial score (nSPS) is 19.8. The molecule has 2 atom stereocenters. The second kappa shape index (κ2) is 19.4. The molecule has 0 N–H and O–H groups in total. The van der Waals surface area contributed by atoms with Crippen LogP contribution in [0.15, 0.2) is 36.4 Å². The molecule has 0 spiro atoms. The fourth-order valence-corrected chi connectivity index (χ4v) is 5.06. The van der Waals surface area contributed by atoms with Gasteiger partial charge in [0.05, 0.1) is 33.1 Å². The minimum atomic E-state index is 0. The van der Waals surface area contributed by atoms with Crippen molar-refractivity contribution in [3.63, 3.8) is 0 Å². The van der Waals surface area contributed by atoms with Gasteiger partial charge in [0.25, 0.3) is 0 Å². The van der Waals surface area contributed by atoms with E-state index in [1.807, 2.05) is 29.2 Å². The molecule has 2 fully saturated rings. The largest absolute Gasteiger partial charge is 0.387 e. The van der Waals surface area contributed by atoms with Crippen LogP contribution < -0.4 is 0 Å². The van der Waals surface area contributed by atoms with Crippen molar-refractivity contribution in [2.45, 2.75) is 57.3 Å². The van der Waals surface area contributed by atoms with Gasteiger partial charge in [0.2, 0.25) is 11.8 Å². The third-order valence-corrected chi connectivity index (χ3v) is 7.15. The van der Waals surface area contributed by atoms with E-state index in [0.717, 1.165) is 22.6 Å². The molecule has 4 radical (unpaired) electrons. The van der Waals surface area contributed by atoms with Gasteiger partial charge in [-0.1, -0.05) is 6.32 Å². The predicted molar refractivity (Wildman–Crippen MR) is 138 cm³/mol. The first kappa shape index (κ1) is 30.9. The van der Waals surface area contributed by atoms with Gasteiger partial charge in [-0.15, -0.1) is 26.5 Å².